The van der Waals surface area contributed by atoms with Gasteiger partial charge in [-0.15, -0.1) is 0 Å². The molecule has 0 aromatic rings. The summed E-state index contributed by atoms with van der Waals surface area (Å²) in [5, 5.41) is 10.7. The number of aliphatic hydroxyl groups is 1. The summed E-state index contributed by atoms with van der Waals surface area (Å²) in [6.07, 6.45) is 19.1. The fourth-order valence-electron chi connectivity index (χ4n) is 2.63. The summed E-state index contributed by atoms with van der Waals surface area (Å²) in [5.74, 6) is -0.372. The fourth-order valence-corrected chi connectivity index (χ4v) is 2.63. The van der Waals surface area contributed by atoms with Crippen LogP contribution in [0.2, 0.25) is 0 Å². The minimum Gasteiger partial charge on any atom is -0.469 e. The molecule has 1 rings (SSSR count). The van der Waals surface area contributed by atoms with Crippen LogP contribution < -0.4 is 0 Å². The molecule has 0 aromatic carbocycles. The normalized spacial score (nSPS) is 21.9. The second-order valence-electron chi connectivity index (χ2n) is 6.27. The third kappa shape index (κ3) is 7.65. The summed E-state index contributed by atoms with van der Waals surface area (Å²) in [5.41, 5.74) is -0.816. The van der Waals surface area contributed by atoms with E-state index in [9.17, 15) is 14.7 Å². The van der Waals surface area contributed by atoms with Gasteiger partial charge >= 0.3 is 5.97 Å². The summed E-state index contributed by atoms with van der Waals surface area (Å²) >= 11 is 0. The topological polar surface area (TPSA) is 63.6 Å². The molecule has 138 valence electrons. The van der Waals surface area contributed by atoms with Gasteiger partial charge in [0.05, 0.1) is 7.11 Å². The standard InChI is InChI=1S/C21H30O4/c1-3-4-5-6-9-12-16-21(24)17-15-19(22)18(21)13-10-7-8-11-14-20(23)25-2/h7,9-10,12-13,15,17,24H,3-6,8,11,14,16H2,1-2H3/b10-7+,12-9-,18-13-/t21-/m0/s1. The molecule has 1 aliphatic rings. The Bertz CT molecular complexity index is 554. The van der Waals surface area contributed by atoms with Crippen LogP contribution in [0.5, 0.6) is 0 Å². The van der Waals surface area contributed by atoms with Crippen molar-refractivity contribution in [2.24, 2.45) is 0 Å². The lowest BCUT2D eigenvalue weighted by Gasteiger charge is -2.20. The van der Waals surface area contributed by atoms with Gasteiger partial charge in [0.15, 0.2) is 5.78 Å². The van der Waals surface area contributed by atoms with E-state index in [1.807, 2.05) is 12.2 Å². The first kappa shape index (κ1) is 21.1. The maximum Gasteiger partial charge on any atom is 0.305 e. The van der Waals surface area contributed by atoms with Crippen LogP contribution in [0.3, 0.4) is 0 Å². The van der Waals surface area contributed by atoms with Crippen LogP contribution in [0, 0.1) is 0 Å². The van der Waals surface area contributed by atoms with Crippen LogP contribution in [0.25, 0.3) is 0 Å². The van der Waals surface area contributed by atoms with Crippen molar-refractivity contribution in [3.8, 4) is 0 Å². The van der Waals surface area contributed by atoms with Crippen molar-refractivity contribution in [1.82, 2.24) is 0 Å². The largest absolute Gasteiger partial charge is 0.469 e. The third-order valence-electron chi connectivity index (χ3n) is 4.19. The van der Waals surface area contributed by atoms with Crippen LogP contribution >= 0.6 is 0 Å². The van der Waals surface area contributed by atoms with E-state index < -0.39 is 5.60 Å². The molecular formula is C21H30O4. The zero-order valence-electron chi connectivity index (χ0n) is 15.4. The monoisotopic (exact) mass is 346 g/mol. The Balaban J connectivity index is 2.51. The highest BCUT2D eigenvalue weighted by Crippen LogP contribution is 2.30. The summed E-state index contributed by atoms with van der Waals surface area (Å²) in [6, 6.07) is 0. The Morgan fingerprint density at radius 2 is 1.96 bits per heavy atom. The summed E-state index contributed by atoms with van der Waals surface area (Å²) in [4.78, 5) is 23.0. The molecular weight excluding hydrogens is 316 g/mol. The van der Waals surface area contributed by atoms with Gasteiger partial charge in [-0.1, -0.05) is 50.1 Å². The summed E-state index contributed by atoms with van der Waals surface area (Å²) in [7, 11) is 1.38. The van der Waals surface area contributed by atoms with Crippen molar-refractivity contribution in [3.63, 3.8) is 0 Å². The van der Waals surface area contributed by atoms with Crippen molar-refractivity contribution in [2.75, 3.05) is 7.11 Å². The quantitative estimate of drug-likeness (QED) is 0.263. The summed E-state index contributed by atoms with van der Waals surface area (Å²) < 4.78 is 4.58. The molecule has 1 aliphatic carbocycles. The number of esters is 1. The minimum atomic E-state index is -1.21. The van der Waals surface area contributed by atoms with Crippen molar-refractivity contribution < 1.29 is 19.4 Å². The molecule has 0 bridgehead atoms. The molecule has 4 heteroatoms. The number of hydrogen-bond acceptors (Lipinski definition) is 4. The lowest BCUT2D eigenvalue weighted by molar-refractivity contribution is -0.140. The molecule has 0 aliphatic heterocycles. The maximum atomic E-state index is 12.0. The number of ether oxygens (including phenoxy) is 1. The van der Waals surface area contributed by atoms with Gasteiger partial charge in [0, 0.05) is 18.4 Å². The van der Waals surface area contributed by atoms with Crippen LogP contribution in [0.1, 0.15) is 58.3 Å². The first-order valence-electron chi connectivity index (χ1n) is 9.08. The molecule has 0 fully saturated rings. The zero-order valence-corrected chi connectivity index (χ0v) is 15.4. The fraction of sp³-hybridized carbons (Fsp3) is 0.524. The van der Waals surface area contributed by atoms with Gasteiger partial charge in [0.1, 0.15) is 5.60 Å². The first-order valence-corrected chi connectivity index (χ1v) is 9.08. The van der Waals surface area contributed by atoms with Crippen molar-refractivity contribution in [3.05, 3.63) is 48.1 Å². The third-order valence-corrected chi connectivity index (χ3v) is 4.19. The van der Waals surface area contributed by atoms with E-state index in [2.05, 4.69) is 17.7 Å². The van der Waals surface area contributed by atoms with Crippen LogP contribution in [0.15, 0.2) is 48.1 Å². The van der Waals surface area contributed by atoms with Crippen LogP contribution in [0.4, 0.5) is 0 Å². The molecule has 0 unspecified atom stereocenters. The van der Waals surface area contributed by atoms with E-state index in [0.717, 1.165) is 19.3 Å². The molecule has 0 amide bonds. The Morgan fingerprint density at radius 3 is 2.68 bits per heavy atom. The van der Waals surface area contributed by atoms with E-state index in [-0.39, 0.29) is 11.8 Å². The number of allylic oxidation sites excluding steroid dienone is 5. The number of unbranched alkanes of at least 4 members (excludes halogenated alkanes) is 4. The number of rotatable bonds is 11. The molecule has 0 spiro atoms. The van der Waals surface area contributed by atoms with Crippen molar-refractivity contribution in [1.29, 1.82) is 0 Å². The van der Waals surface area contributed by atoms with E-state index in [1.165, 1.54) is 26.0 Å². The van der Waals surface area contributed by atoms with Gasteiger partial charge in [-0.25, -0.2) is 0 Å². The number of carbonyl (C=O) groups excluding carboxylic acids is 2. The highest BCUT2D eigenvalue weighted by molar-refractivity contribution is 6.09. The molecule has 0 radical (unpaired) electrons. The van der Waals surface area contributed by atoms with Crippen molar-refractivity contribution >= 4 is 11.8 Å². The second kappa shape index (κ2) is 11.6. The lowest BCUT2D eigenvalue weighted by atomic mass is 9.92. The molecule has 25 heavy (non-hydrogen) atoms. The van der Waals surface area contributed by atoms with Gasteiger partial charge in [-0.3, -0.25) is 9.59 Å². The van der Waals surface area contributed by atoms with Gasteiger partial charge in [-0.05, 0) is 37.8 Å². The number of hydrogen-bond donors (Lipinski definition) is 1. The molecule has 0 saturated carbocycles. The van der Waals surface area contributed by atoms with E-state index >= 15 is 0 Å². The molecule has 1 atom stereocenters. The molecule has 0 aromatic heterocycles. The van der Waals surface area contributed by atoms with Gasteiger partial charge in [-0.2, -0.15) is 0 Å². The molecule has 4 nitrogen and oxygen atoms in total. The predicted molar refractivity (Wildman–Crippen MR) is 100 cm³/mol. The Hall–Kier alpha value is -1.94. The van der Waals surface area contributed by atoms with E-state index in [0.29, 0.717) is 24.8 Å². The highest BCUT2D eigenvalue weighted by Gasteiger charge is 2.35. The Kier molecular flexibility index (Phi) is 9.78. The second-order valence-corrected chi connectivity index (χ2v) is 6.27. The van der Waals surface area contributed by atoms with E-state index in [1.54, 1.807) is 18.2 Å². The molecule has 0 saturated heterocycles. The number of methoxy groups -OCH3 is 1. The SMILES string of the molecule is CCCCC/C=C\C[C@]1(O)C=CC(=O)/C1=C/C=C/CCCC(=O)OC. The smallest absolute Gasteiger partial charge is 0.305 e. The Labute approximate surface area is 151 Å². The summed E-state index contributed by atoms with van der Waals surface area (Å²) in [6.45, 7) is 2.17. The van der Waals surface area contributed by atoms with E-state index in [4.69, 9.17) is 0 Å². The van der Waals surface area contributed by atoms with Gasteiger partial charge in [0.2, 0.25) is 0 Å². The predicted octanol–water partition coefficient (Wildman–Crippen LogP) is 4.21. The van der Waals surface area contributed by atoms with Gasteiger partial charge in [0.25, 0.3) is 0 Å². The first-order chi connectivity index (χ1) is 12.0. The minimum absolute atomic E-state index is 0.152. The lowest BCUT2D eigenvalue weighted by Crippen LogP contribution is -2.27. The average molecular weight is 346 g/mol. The van der Waals surface area contributed by atoms with Gasteiger partial charge < -0.3 is 9.84 Å². The molecule has 0 heterocycles. The van der Waals surface area contributed by atoms with Crippen LogP contribution in [-0.2, 0) is 14.3 Å². The molecule has 1 N–H and O–H groups in total. The Morgan fingerprint density at radius 1 is 1.20 bits per heavy atom. The maximum absolute atomic E-state index is 12.0. The van der Waals surface area contributed by atoms with Crippen molar-refractivity contribution in [2.45, 2.75) is 63.9 Å². The number of ketones is 1. The average Bonchev–Trinajstić information content (AvgIpc) is 2.89. The zero-order chi connectivity index (χ0) is 18.5. The number of carbonyl (C=O) groups is 2. The highest BCUT2D eigenvalue weighted by atomic mass is 16.5. The van der Waals surface area contributed by atoms with Crippen LogP contribution in [-0.4, -0.2) is 29.6 Å².